The molecule has 2 rings (SSSR count). The van der Waals surface area contributed by atoms with E-state index in [1.807, 2.05) is 12.1 Å². The molecule has 0 aliphatic heterocycles. The fourth-order valence-electron chi connectivity index (χ4n) is 1.39. The number of hydrogen-bond donors (Lipinski definition) is 2. The first kappa shape index (κ1) is 10.3. The van der Waals surface area contributed by atoms with Gasteiger partial charge in [-0.25, -0.2) is 0 Å². The number of nitrogen functional groups attached to an aromatic ring is 1. The number of anilines is 1. The van der Waals surface area contributed by atoms with Crippen LogP contribution in [0.2, 0.25) is 0 Å². The Morgan fingerprint density at radius 3 is 2.62 bits per heavy atom. The molecule has 16 heavy (non-hydrogen) atoms. The van der Waals surface area contributed by atoms with Gasteiger partial charge in [-0.05, 0) is 12.1 Å². The second-order valence-electron chi connectivity index (χ2n) is 3.11. The van der Waals surface area contributed by atoms with E-state index in [4.69, 9.17) is 15.2 Å². The molecule has 0 fully saturated rings. The minimum absolute atomic E-state index is 0.202. The van der Waals surface area contributed by atoms with Crippen molar-refractivity contribution in [2.75, 3.05) is 20.0 Å². The van der Waals surface area contributed by atoms with Crippen molar-refractivity contribution >= 4 is 5.95 Å². The topological polar surface area (TPSA) is 86.0 Å². The Morgan fingerprint density at radius 1 is 1.25 bits per heavy atom. The number of nitrogens with two attached hydrogens (primary N) is 1. The fraction of sp³-hybridized carbons (Fsp3) is 0.200. The van der Waals surface area contributed by atoms with Gasteiger partial charge in [0.05, 0.1) is 19.8 Å². The number of rotatable bonds is 3. The zero-order valence-corrected chi connectivity index (χ0v) is 9.02. The van der Waals surface area contributed by atoms with Crippen molar-refractivity contribution in [1.82, 2.24) is 15.2 Å². The minimum atomic E-state index is 0.202. The summed E-state index contributed by atoms with van der Waals surface area (Å²) in [6, 6.07) is 5.42. The summed E-state index contributed by atoms with van der Waals surface area (Å²) in [6.45, 7) is 0. The molecule has 0 saturated carbocycles. The zero-order valence-electron chi connectivity index (χ0n) is 9.02. The van der Waals surface area contributed by atoms with E-state index in [9.17, 15) is 0 Å². The Hall–Kier alpha value is -2.24. The molecule has 1 aromatic heterocycles. The normalized spacial score (nSPS) is 10.1. The van der Waals surface area contributed by atoms with E-state index in [0.29, 0.717) is 17.3 Å². The molecule has 1 heterocycles. The van der Waals surface area contributed by atoms with Crippen LogP contribution < -0.4 is 15.2 Å². The van der Waals surface area contributed by atoms with E-state index in [1.54, 1.807) is 20.3 Å². The maximum absolute atomic E-state index is 5.44. The number of nitrogens with zero attached hydrogens (tertiary/aromatic N) is 2. The molecule has 6 heteroatoms. The fourth-order valence-corrected chi connectivity index (χ4v) is 1.39. The number of aromatic nitrogens is 3. The lowest BCUT2D eigenvalue weighted by Gasteiger charge is -2.07. The van der Waals surface area contributed by atoms with Gasteiger partial charge in [-0.2, -0.15) is 4.98 Å². The molecule has 0 amide bonds. The van der Waals surface area contributed by atoms with Gasteiger partial charge in [-0.3, -0.25) is 5.10 Å². The van der Waals surface area contributed by atoms with Crippen molar-refractivity contribution in [3.8, 4) is 22.9 Å². The zero-order chi connectivity index (χ0) is 11.5. The summed E-state index contributed by atoms with van der Waals surface area (Å²) in [5, 5.41) is 6.49. The third-order valence-electron chi connectivity index (χ3n) is 2.17. The van der Waals surface area contributed by atoms with Crippen molar-refractivity contribution in [3.05, 3.63) is 18.2 Å². The largest absolute Gasteiger partial charge is 0.497 e. The van der Waals surface area contributed by atoms with Crippen LogP contribution >= 0.6 is 0 Å². The minimum Gasteiger partial charge on any atom is -0.497 e. The van der Waals surface area contributed by atoms with Crippen LogP contribution in [0.15, 0.2) is 18.2 Å². The van der Waals surface area contributed by atoms with Crippen molar-refractivity contribution in [3.63, 3.8) is 0 Å². The van der Waals surface area contributed by atoms with Crippen molar-refractivity contribution in [1.29, 1.82) is 0 Å². The highest BCUT2D eigenvalue weighted by molar-refractivity contribution is 5.66. The molecular formula is C10H12N4O2. The average Bonchev–Trinajstić information content (AvgIpc) is 2.74. The average molecular weight is 220 g/mol. The van der Waals surface area contributed by atoms with Gasteiger partial charge in [0.15, 0.2) is 5.82 Å². The SMILES string of the molecule is COc1ccc(-c2nc(N)n[nH]2)c(OC)c1. The Bertz CT molecular complexity index is 495. The molecule has 0 saturated heterocycles. The van der Waals surface area contributed by atoms with Gasteiger partial charge in [0, 0.05) is 6.07 Å². The van der Waals surface area contributed by atoms with Gasteiger partial charge in [0.1, 0.15) is 11.5 Å². The molecule has 6 nitrogen and oxygen atoms in total. The van der Waals surface area contributed by atoms with Crippen molar-refractivity contribution < 1.29 is 9.47 Å². The number of hydrogen-bond acceptors (Lipinski definition) is 5. The summed E-state index contributed by atoms with van der Waals surface area (Å²) in [6.07, 6.45) is 0. The molecular weight excluding hydrogens is 208 g/mol. The van der Waals surface area contributed by atoms with Crippen molar-refractivity contribution in [2.45, 2.75) is 0 Å². The Morgan fingerprint density at radius 2 is 2.06 bits per heavy atom. The maximum Gasteiger partial charge on any atom is 0.239 e. The summed E-state index contributed by atoms with van der Waals surface area (Å²) in [5.41, 5.74) is 6.23. The molecule has 3 N–H and O–H groups in total. The second kappa shape index (κ2) is 4.09. The predicted octanol–water partition coefficient (Wildman–Crippen LogP) is 1.07. The number of H-pyrrole nitrogens is 1. The number of nitrogens with one attached hydrogen (secondary N) is 1. The quantitative estimate of drug-likeness (QED) is 0.808. The van der Waals surface area contributed by atoms with Crippen LogP contribution in [-0.4, -0.2) is 29.4 Å². The van der Waals surface area contributed by atoms with Gasteiger partial charge < -0.3 is 15.2 Å². The summed E-state index contributed by atoms with van der Waals surface area (Å²) in [4.78, 5) is 4.04. The lowest BCUT2D eigenvalue weighted by Crippen LogP contribution is -1.91. The monoisotopic (exact) mass is 220 g/mol. The van der Waals surface area contributed by atoms with E-state index in [-0.39, 0.29) is 5.95 Å². The van der Waals surface area contributed by atoms with Gasteiger partial charge in [-0.15, -0.1) is 5.10 Å². The lowest BCUT2D eigenvalue weighted by atomic mass is 10.2. The summed E-state index contributed by atoms with van der Waals surface area (Å²) >= 11 is 0. The van der Waals surface area contributed by atoms with Crippen LogP contribution in [0.25, 0.3) is 11.4 Å². The van der Waals surface area contributed by atoms with Gasteiger partial charge in [-0.1, -0.05) is 0 Å². The second-order valence-corrected chi connectivity index (χ2v) is 3.11. The highest BCUT2D eigenvalue weighted by Gasteiger charge is 2.10. The van der Waals surface area contributed by atoms with Crippen LogP contribution in [0, 0.1) is 0 Å². The smallest absolute Gasteiger partial charge is 0.239 e. The molecule has 0 atom stereocenters. The number of aromatic amines is 1. The lowest BCUT2D eigenvalue weighted by molar-refractivity contribution is 0.395. The van der Waals surface area contributed by atoms with Crippen LogP contribution in [0.1, 0.15) is 0 Å². The summed E-state index contributed by atoms with van der Waals surface area (Å²) in [7, 11) is 3.18. The van der Waals surface area contributed by atoms with E-state index in [0.717, 1.165) is 5.56 Å². The van der Waals surface area contributed by atoms with E-state index < -0.39 is 0 Å². The van der Waals surface area contributed by atoms with E-state index >= 15 is 0 Å². The molecule has 0 aliphatic carbocycles. The number of ether oxygens (including phenoxy) is 2. The van der Waals surface area contributed by atoms with Crippen LogP contribution in [-0.2, 0) is 0 Å². The molecule has 0 bridgehead atoms. The number of methoxy groups -OCH3 is 2. The first-order chi connectivity index (χ1) is 7.74. The van der Waals surface area contributed by atoms with Crippen LogP contribution in [0.3, 0.4) is 0 Å². The molecule has 0 aliphatic rings. The molecule has 1 aromatic carbocycles. The Balaban J connectivity index is 2.48. The first-order valence-electron chi connectivity index (χ1n) is 4.65. The van der Waals surface area contributed by atoms with E-state index in [1.165, 1.54) is 0 Å². The third kappa shape index (κ3) is 1.77. The molecule has 84 valence electrons. The first-order valence-corrected chi connectivity index (χ1v) is 4.65. The third-order valence-corrected chi connectivity index (χ3v) is 2.17. The molecule has 0 unspecified atom stereocenters. The maximum atomic E-state index is 5.44. The van der Waals surface area contributed by atoms with E-state index in [2.05, 4.69) is 15.2 Å². The Kier molecular flexibility index (Phi) is 2.63. The summed E-state index contributed by atoms with van der Waals surface area (Å²) in [5.74, 6) is 2.13. The van der Waals surface area contributed by atoms with Gasteiger partial charge >= 0.3 is 0 Å². The number of benzene rings is 1. The predicted molar refractivity (Wildman–Crippen MR) is 59.3 cm³/mol. The Labute approximate surface area is 92.4 Å². The van der Waals surface area contributed by atoms with Crippen LogP contribution in [0.5, 0.6) is 11.5 Å². The molecule has 2 aromatic rings. The summed E-state index contributed by atoms with van der Waals surface area (Å²) < 4.78 is 10.3. The standard InChI is InChI=1S/C10H12N4O2/c1-15-6-3-4-7(8(5-6)16-2)9-12-10(11)14-13-9/h3-5H,1-2H3,(H3,11,12,13,14). The van der Waals surface area contributed by atoms with Gasteiger partial charge in [0.2, 0.25) is 5.95 Å². The molecule has 0 spiro atoms. The molecule has 0 radical (unpaired) electrons. The highest BCUT2D eigenvalue weighted by Crippen LogP contribution is 2.31. The van der Waals surface area contributed by atoms with Crippen LogP contribution in [0.4, 0.5) is 5.95 Å². The highest BCUT2D eigenvalue weighted by atomic mass is 16.5. The van der Waals surface area contributed by atoms with Crippen molar-refractivity contribution in [2.24, 2.45) is 0 Å². The van der Waals surface area contributed by atoms with Gasteiger partial charge in [0.25, 0.3) is 0 Å².